The maximum atomic E-state index is 4.75. The van der Waals surface area contributed by atoms with Gasteiger partial charge < -0.3 is 20.4 Å². The van der Waals surface area contributed by atoms with Crippen LogP contribution in [0.3, 0.4) is 0 Å². The highest BCUT2D eigenvalue weighted by atomic mass is 15.3. The maximum absolute atomic E-state index is 4.75. The molecule has 28 heavy (non-hydrogen) atoms. The van der Waals surface area contributed by atoms with Crippen LogP contribution in [0.15, 0.2) is 47.6 Å². The van der Waals surface area contributed by atoms with Gasteiger partial charge in [-0.05, 0) is 32.5 Å². The Morgan fingerprint density at radius 1 is 1.11 bits per heavy atom. The van der Waals surface area contributed by atoms with Crippen LogP contribution in [0.2, 0.25) is 0 Å². The number of anilines is 1. The molecule has 1 saturated heterocycles. The fourth-order valence-electron chi connectivity index (χ4n) is 3.37. The molecular formula is C22H32N6. The van der Waals surface area contributed by atoms with E-state index in [-0.39, 0.29) is 0 Å². The number of benzene rings is 1. The number of aliphatic imine (C=N–C) groups is 1. The fraction of sp³-hybridized carbons (Fsp3) is 0.455. The molecule has 0 atom stereocenters. The lowest BCUT2D eigenvalue weighted by Gasteiger charge is -2.34. The fourth-order valence-corrected chi connectivity index (χ4v) is 3.37. The molecule has 0 aliphatic carbocycles. The Bertz CT molecular complexity index is 780. The highest BCUT2D eigenvalue weighted by molar-refractivity contribution is 5.79. The average Bonchev–Trinajstić information content (AvgIpc) is 2.71. The van der Waals surface area contributed by atoms with Crippen LogP contribution in [0.5, 0.6) is 0 Å². The second-order valence-electron chi connectivity index (χ2n) is 7.31. The van der Waals surface area contributed by atoms with Gasteiger partial charge in [-0.25, -0.2) is 9.98 Å². The number of rotatable bonds is 6. The molecule has 150 valence electrons. The molecule has 2 aromatic rings. The van der Waals surface area contributed by atoms with Crippen molar-refractivity contribution in [3.63, 3.8) is 0 Å². The summed E-state index contributed by atoms with van der Waals surface area (Å²) in [5.41, 5.74) is 3.68. The lowest BCUT2D eigenvalue weighted by atomic mass is 10.1. The summed E-state index contributed by atoms with van der Waals surface area (Å²) in [6.45, 7) is 10.6. The molecule has 0 radical (unpaired) electrons. The van der Waals surface area contributed by atoms with E-state index in [4.69, 9.17) is 4.99 Å². The molecule has 1 aliphatic rings. The van der Waals surface area contributed by atoms with Gasteiger partial charge in [0.25, 0.3) is 0 Å². The quantitative estimate of drug-likeness (QED) is 0.595. The summed E-state index contributed by atoms with van der Waals surface area (Å²) >= 11 is 0. The molecule has 1 fully saturated rings. The number of guanidine groups is 1. The minimum atomic E-state index is 0.662. The predicted molar refractivity (Wildman–Crippen MR) is 117 cm³/mol. The molecule has 6 heteroatoms. The number of pyridine rings is 1. The standard InChI is InChI=1S/C22H32N6/c1-4-23-22(25-16-19-8-5-7-18(2)15-19)26-17-20-9-6-10-24-21(20)28-13-11-27(3)12-14-28/h5-10,15H,4,11-14,16-17H2,1-3H3,(H2,23,25,26). The molecule has 0 saturated carbocycles. The van der Waals surface area contributed by atoms with E-state index in [1.54, 1.807) is 0 Å². The number of hydrogen-bond donors (Lipinski definition) is 2. The smallest absolute Gasteiger partial charge is 0.191 e. The van der Waals surface area contributed by atoms with Crippen LogP contribution >= 0.6 is 0 Å². The minimum absolute atomic E-state index is 0.662. The highest BCUT2D eigenvalue weighted by Gasteiger charge is 2.17. The first-order valence-electron chi connectivity index (χ1n) is 10.1. The van der Waals surface area contributed by atoms with Crippen molar-refractivity contribution in [2.24, 2.45) is 4.99 Å². The zero-order valence-corrected chi connectivity index (χ0v) is 17.3. The molecule has 0 bridgehead atoms. The van der Waals surface area contributed by atoms with E-state index >= 15 is 0 Å². The topological polar surface area (TPSA) is 55.8 Å². The van der Waals surface area contributed by atoms with Gasteiger partial charge in [0.2, 0.25) is 0 Å². The van der Waals surface area contributed by atoms with Crippen LogP contribution < -0.4 is 15.5 Å². The Balaban J connectivity index is 1.66. The number of likely N-dealkylation sites (N-methyl/N-ethyl adjacent to an activating group) is 1. The largest absolute Gasteiger partial charge is 0.357 e. The Hall–Kier alpha value is -2.60. The molecule has 2 N–H and O–H groups in total. The van der Waals surface area contributed by atoms with Gasteiger partial charge in [-0.15, -0.1) is 0 Å². The summed E-state index contributed by atoms with van der Waals surface area (Å²) in [5.74, 6) is 1.91. The van der Waals surface area contributed by atoms with Gasteiger partial charge >= 0.3 is 0 Å². The van der Waals surface area contributed by atoms with Crippen LogP contribution in [0.4, 0.5) is 5.82 Å². The number of nitrogens with one attached hydrogen (secondary N) is 2. The molecule has 1 aromatic heterocycles. The van der Waals surface area contributed by atoms with E-state index in [2.05, 4.69) is 76.6 Å². The van der Waals surface area contributed by atoms with Crippen molar-refractivity contribution in [3.05, 3.63) is 59.3 Å². The lowest BCUT2D eigenvalue weighted by Crippen LogP contribution is -2.45. The summed E-state index contributed by atoms with van der Waals surface area (Å²) in [7, 11) is 2.17. The number of aryl methyl sites for hydroxylation is 1. The normalized spacial score (nSPS) is 15.5. The van der Waals surface area contributed by atoms with Crippen molar-refractivity contribution in [1.82, 2.24) is 20.5 Å². The van der Waals surface area contributed by atoms with Crippen molar-refractivity contribution in [2.45, 2.75) is 26.9 Å². The van der Waals surface area contributed by atoms with Gasteiger partial charge in [0.05, 0.1) is 6.54 Å². The highest BCUT2D eigenvalue weighted by Crippen LogP contribution is 2.18. The van der Waals surface area contributed by atoms with Gasteiger partial charge in [-0.1, -0.05) is 35.9 Å². The molecule has 0 amide bonds. The van der Waals surface area contributed by atoms with Crippen molar-refractivity contribution in [1.29, 1.82) is 0 Å². The van der Waals surface area contributed by atoms with Crippen LogP contribution in [0.25, 0.3) is 0 Å². The van der Waals surface area contributed by atoms with E-state index in [0.29, 0.717) is 13.1 Å². The van der Waals surface area contributed by atoms with Crippen molar-refractivity contribution >= 4 is 11.8 Å². The second kappa shape index (κ2) is 10.1. The zero-order chi connectivity index (χ0) is 19.8. The van der Waals surface area contributed by atoms with Gasteiger partial charge in [-0.2, -0.15) is 0 Å². The van der Waals surface area contributed by atoms with Gasteiger partial charge in [0.15, 0.2) is 5.96 Å². The third-order valence-electron chi connectivity index (χ3n) is 4.96. The molecular weight excluding hydrogens is 348 g/mol. The average molecular weight is 381 g/mol. The zero-order valence-electron chi connectivity index (χ0n) is 17.3. The first-order chi connectivity index (χ1) is 13.7. The first-order valence-corrected chi connectivity index (χ1v) is 10.1. The van der Waals surface area contributed by atoms with Crippen molar-refractivity contribution in [3.8, 4) is 0 Å². The Morgan fingerprint density at radius 3 is 2.68 bits per heavy atom. The molecule has 3 rings (SSSR count). The minimum Gasteiger partial charge on any atom is -0.357 e. The lowest BCUT2D eigenvalue weighted by molar-refractivity contribution is 0.312. The molecule has 0 unspecified atom stereocenters. The van der Waals surface area contributed by atoms with E-state index in [9.17, 15) is 0 Å². The van der Waals surface area contributed by atoms with Crippen LogP contribution in [0.1, 0.15) is 23.6 Å². The van der Waals surface area contributed by atoms with Crippen molar-refractivity contribution < 1.29 is 0 Å². The van der Waals surface area contributed by atoms with Crippen molar-refractivity contribution in [2.75, 3.05) is 44.7 Å². The van der Waals surface area contributed by atoms with E-state index in [1.165, 1.54) is 16.7 Å². The van der Waals surface area contributed by atoms with Crippen LogP contribution in [-0.4, -0.2) is 55.6 Å². The summed E-state index contributed by atoms with van der Waals surface area (Å²) in [4.78, 5) is 14.1. The van der Waals surface area contributed by atoms with E-state index < -0.39 is 0 Å². The van der Waals surface area contributed by atoms with Gasteiger partial charge in [0, 0.05) is 51.0 Å². The number of nitrogens with zero attached hydrogens (tertiary/aromatic N) is 4. The maximum Gasteiger partial charge on any atom is 0.191 e. The van der Waals surface area contributed by atoms with Gasteiger partial charge in [-0.3, -0.25) is 0 Å². The third-order valence-corrected chi connectivity index (χ3v) is 4.96. The summed E-state index contributed by atoms with van der Waals surface area (Å²) in [6.07, 6.45) is 1.88. The molecule has 6 nitrogen and oxygen atoms in total. The summed E-state index contributed by atoms with van der Waals surface area (Å²) < 4.78 is 0. The Labute approximate surface area is 168 Å². The monoisotopic (exact) mass is 380 g/mol. The number of aromatic nitrogens is 1. The first kappa shape index (κ1) is 20.1. The SMILES string of the molecule is CCNC(=NCc1cccc(C)c1)NCc1cccnc1N1CCN(C)CC1. The van der Waals surface area contributed by atoms with E-state index in [1.807, 2.05) is 12.3 Å². The second-order valence-corrected chi connectivity index (χ2v) is 7.31. The summed E-state index contributed by atoms with van der Waals surface area (Å²) in [6, 6.07) is 12.6. The van der Waals surface area contributed by atoms with Gasteiger partial charge in [0.1, 0.15) is 5.82 Å². The molecule has 1 aliphatic heterocycles. The third kappa shape index (κ3) is 5.70. The van der Waals surface area contributed by atoms with Crippen LogP contribution in [-0.2, 0) is 13.1 Å². The van der Waals surface area contributed by atoms with E-state index in [0.717, 1.165) is 44.5 Å². The Kier molecular flexibility index (Phi) is 7.25. The summed E-state index contributed by atoms with van der Waals surface area (Å²) in [5, 5.41) is 6.81. The molecule has 0 spiro atoms. The Morgan fingerprint density at radius 2 is 1.93 bits per heavy atom. The van der Waals surface area contributed by atoms with Crippen LogP contribution in [0, 0.1) is 6.92 Å². The number of piperazine rings is 1. The predicted octanol–water partition coefficient (Wildman–Crippen LogP) is 2.40. The molecule has 1 aromatic carbocycles. The molecule has 2 heterocycles. The number of hydrogen-bond acceptors (Lipinski definition) is 4.